The normalized spacial score (nSPS) is 11.8. The molecule has 0 heterocycles. The van der Waals surface area contributed by atoms with Crippen LogP contribution in [0.25, 0.3) is 0 Å². The van der Waals surface area contributed by atoms with Gasteiger partial charge in [0.15, 0.2) is 0 Å². The first-order chi connectivity index (χ1) is 45.4. The van der Waals surface area contributed by atoms with Crippen molar-refractivity contribution in [2.75, 3.05) is 0 Å². The second-order valence-corrected chi connectivity index (χ2v) is 31.8. The number of hydrogen-bond acceptors (Lipinski definition) is 0. The van der Waals surface area contributed by atoms with Crippen LogP contribution in [0, 0.1) is 0 Å². The van der Waals surface area contributed by atoms with Crippen molar-refractivity contribution in [3.8, 4) is 0 Å². The van der Waals surface area contributed by atoms with E-state index < -0.39 is 0 Å². The number of hydrogen-bond donors (Lipinski definition) is 0. The van der Waals surface area contributed by atoms with Crippen LogP contribution < -0.4 is 0 Å². The van der Waals surface area contributed by atoms with Crippen LogP contribution in [0.3, 0.4) is 0 Å². The van der Waals surface area contributed by atoms with Crippen LogP contribution in [0.1, 0.15) is 585 Å². The largest absolute Gasteiger partial charge is 0.0654 e. The van der Waals surface area contributed by atoms with E-state index in [1.165, 1.54) is 571 Å². The minimum absolute atomic E-state index is 1.37. The lowest BCUT2D eigenvalue weighted by Gasteiger charge is -2.05. The topological polar surface area (TPSA) is 0 Å². The van der Waals surface area contributed by atoms with E-state index in [1.807, 2.05) is 0 Å². The van der Waals surface area contributed by atoms with E-state index in [0.29, 0.717) is 0 Å². The van der Waals surface area contributed by atoms with Crippen molar-refractivity contribution in [2.45, 2.75) is 585 Å². The summed E-state index contributed by atoms with van der Waals surface area (Å²) < 4.78 is 0. The highest BCUT2D eigenvalue weighted by atomic mass is 14.1. The van der Waals surface area contributed by atoms with Gasteiger partial charge in [-0.3, -0.25) is 0 Å². The lowest BCUT2D eigenvalue weighted by molar-refractivity contribution is 0.505. The maximum Gasteiger partial charge on any atom is -0.0533 e. The van der Waals surface area contributed by atoms with E-state index in [0.717, 1.165) is 0 Å². The summed E-state index contributed by atoms with van der Waals surface area (Å²) in [5.74, 6) is 0. The van der Waals surface area contributed by atoms with Gasteiger partial charge in [0, 0.05) is 0 Å². The van der Waals surface area contributed by atoms with Crippen LogP contribution in [0.15, 0.2) is 0 Å². The van der Waals surface area contributed by atoms with E-state index >= 15 is 0 Å². The molecule has 0 saturated heterocycles. The Labute approximate surface area is 582 Å². The van der Waals surface area contributed by atoms with Gasteiger partial charge in [-0.05, 0) is 0 Å². The predicted octanol–water partition coefficient (Wildman–Crippen LogP) is 35.7. The van der Waals surface area contributed by atoms with Crippen molar-refractivity contribution in [3.05, 3.63) is 0 Å². The summed E-state index contributed by atoms with van der Waals surface area (Å²) in [6.45, 7) is 4.63. The molecule has 0 nitrogen and oxygen atoms in total. The Morgan fingerprint density at radius 2 is 0.0879 bits per heavy atom. The Hall–Kier alpha value is 0. The first-order valence-electron chi connectivity index (χ1n) is 45.4. The Bertz CT molecular complexity index is 1060. The van der Waals surface area contributed by atoms with Crippen molar-refractivity contribution < 1.29 is 0 Å². The van der Waals surface area contributed by atoms with E-state index in [1.54, 1.807) is 0 Å². The zero-order valence-electron chi connectivity index (χ0n) is 64.9. The quantitative estimate of drug-likeness (QED) is 0.0533. The lowest BCUT2D eigenvalue weighted by Crippen LogP contribution is -1.85. The molecule has 0 aliphatic carbocycles. The van der Waals surface area contributed by atoms with Gasteiger partial charge in [-0.15, -0.1) is 0 Å². The van der Waals surface area contributed by atoms with Gasteiger partial charge < -0.3 is 0 Å². The number of rotatable bonds is 88. The molecule has 0 aliphatic rings. The molecule has 0 rings (SSSR count). The summed E-state index contributed by atoms with van der Waals surface area (Å²) in [4.78, 5) is 0. The molecule has 0 spiro atoms. The van der Waals surface area contributed by atoms with Gasteiger partial charge in [0.05, 0.1) is 0 Å². The van der Waals surface area contributed by atoms with E-state index in [-0.39, 0.29) is 0 Å². The van der Waals surface area contributed by atoms with Crippen molar-refractivity contribution in [3.63, 3.8) is 0 Å². The second-order valence-electron chi connectivity index (χ2n) is 31.8. The molecule has 0 saturated carbocycles. The minimum Gasteiger partial charge on any atom is -0.0654 e. The summed E-state index contributed by atoms with van der Waals surface area (Å²) in [7, 11) is 0. The molecule has 0 atom stereocenters. The smallest absolute Gasteiger partial charge is 0.0533 e. The highest BCUT2D eigenvalue weighted by Crippen LogP contribution is 2.23. The third-order valence-corrected chi connectivity index (χ3v) is 22.2. The molecule has 0 radical (unpaired) electrons. The Morgan fingerprint density at radius 1 is 0.0549 bits per heavy atom. The van der Waals surface area contributed by atoms with Gasteiger partial charge in [0.2, 0.25) is 0 Å². The van der Waals surface area contributed by atoms with Crippen LogP contribution >= 0.6 is 0 Å². The first-order valence-corrected chi connectivity index (χ1v) is 45.4. The average Bonchev–Trinajstić information content (AvgIpc) is 3.56. The van der Waals surface area contributed by atoms with E-state index in [4.69, 9.17) is 0 Å². The van der Waals surface area contributed by atoms with Gasteiger partial charge >= 0.3 is 0 Å². The molecule has 548 valence electrons. The van der Waals surface area contributed by atoms with Crippen LogP contribution in [-0.2, 0) is 0 Å². The zero-order chi connectivity index (χ0) is 64.9. The van der Waals surface area contributed by atoms with Crippen molar-refractivity contribution >= 4 is 0 Å². The standard InChI is InChI=1S/C91H184/c1-3-5-7-9-11-13-15-17-19-21-23-25-27-29-31-33-35-37-39-41-43-45-47-49-51-53-55-57-59-61-63-65-67-69-71-73-75-77-79-81-83-85-87-89-91-90-88-86-84-82-80-78-76-74-72-70-68-66-64-62-60-58-56-54-52-50-48-46-44-42-40-38-36-34-32-30-28-26-24-22-20-18-16-14-12-10-8-6-4-2/h3-91H2,1-2H3. The van der Waals surface area contributed by atoms with E-state index in [9.17, 15) is 0 Å². The molecule has 0 aromatic carbocycles. The summed E-state index contributed by atoms with van der Waals surface area (Å²) in [5.41, 5.74) is 0. The summed E-state index contributed by atoms with van der Waals surface area (Å²) in [6.07, 6.45) is 133. The van der Waals surface area contributed by atoms with Crippen LogP contribution in [0.5, 0.6) is 0 Å². The second kappa shape index (κ2) is 90.0. The van der Waals surface area contributed by atoms with E-state index in [2.05, 4.69) is 13.8 Å². The Balaban J connectivity index is 3.09. The van der Waals surface area contributed by atoms with Crippen molar-refractivity contribution in [1.29, 1.82) is 0 Å². The third-order valence-electron chi connectivity index (χ3n) is 22.2. The fourth-order valence-corrected chi connectivity index (χ4v) is 15.5. The Kier molecular flexibility index (Phi) is 90.0. The van der Waals surface area contributed by atoms with Gasteiger partial charge in [0.1, 0.15) is 0 Å². The summed E-state index contributed by atoms with van der Waals surface area (Å²) in [6, 6.07) is 0. The SMILES string of the molecule is CCCCCCCCCCCCCCCCCCCCCCCCCCCCCCCCCCCCCCCCCCCCCCCCCCCCCCCCCCCCCCCCCCCCCCCCCCCCCCCCCCCCCCCCCCC. The summed E-state index contributed by atoms with van der Waals surface area (Å²) in [5, 5.41) is 0. The highest BCUT2D eigenvalue weighted by molar-refractivity contribution is 4.59. The molecule has 0 heteroatoms. The highest BCUT2D eigenvalue weighted by Gasteiger charge is 2.03. The molecular weight excluding hydrogens is 1090 g/mol. The molecule has 0 aliphatic heterocycles. The van der Waals surface area contributed by atoms with Crippen LogP contribution in [-0.4, -0.2) is 0 Å². The van der Waals surface area contributed by atoms with Crippen LogP contribution in [0.4, 0.5) is 0 Å². The van der Waals surface area contributed by atoms with Crippen molar-refractivity contribution in [1.82, 2.24) is 0 Å². The minimum atomic E-state index is 1.37. The molecule has 0 aromatic rings. The van der Waals surface area contributed by atoms with Gasteiger partial charge in [-0.2, -0.15) is 0 Å². The molecule has 0 fully saturated rings. The first kappa shape index (κ1) is 91.0. The molecule has 0 aromatic heterocycles. The molecule has 0 amide bonds. The van der Waals surface area contributed by atoms with Gasteiger partial charge in [0.25, 0.3) is 0 Å². The third kappa shape index (κ3) is 90.0. The number of unbranched alkanes of at least 4 members (excludes halogenated alkanes) is 88. The molecule has 0 N–H and O–H groups in total. The van der Waals surface area contributed by atoms with Crippen LogP contribution in [0.2, 0.25) is 0 Å². The zero-order valence-corrected chi connectivity index (χ0v) is 64.9. The van der Waals surface area contributed by atoms with Gasteiger partial charge in [-0.1, -0.05) is 585 Å². The predicted molar refractivity (Wildman–Crippen MR) is 422 cm³/mol. The fraction of sp³-hybridized carbons (Fsp3) is 1.00. The van der Waals surface area contributed by atoms with Gasteiger partial charge in [-0.25, -0.2) is 0 Å². The molecule has 0 unspecified atom stereocenters. The molecule has 0 bridgehead atoms. The molecular formula is C91H184. The fourth-order valence-electron chi connectivity index (χ4n) is 15.5. The van der Waals surface area contributed by atoms with Crippen molar-refractivity contribution in [2.24, 2.45) is 0 Å². The summed E-state index contributed by atoms with van der Waals surface area (Å²) >= 11 is 0. The average molecular weight is 1280 g/mol. The Morgan fingerprint density at radius 3 is 0.121 bits per heavy atom. The molecule has 91 heavy (non-hydrogen) atoms. The monoisotopic (exact) mass is 1280 g/mol. The lowest BCUT2D eigenvalue weighted by atomic mass is 10.0. The maximum absolute atomic E-state index is 2.32. The maximum atomic E-state index is 2.32.